The molecule has 0 aliphatic carbocycles. The number of anilines is 2. The summed E-state index contributed by atoms with van der Waals surface area (Å²) in [5, 5.41) is 23.3. The lowest BCUT2D eigenvalue weighted by Crippen LogP contribution is -2.46. The van der Waals surface area contributed by atoms with Gasteiger partial charge in [-0.3, -0.25) is 24.2 Å². The molecule has 1 aromatic carbocycles. The summed E-state index contributed by atoms with van der Waals surface area (Å²) in [5.74, 6) is -1.86. The molecule has 51 heavy (non-hydrogen) atoms. The molecule has 1 saturated heterocycles. The summed E-state index contributed by atoms with van der Waals surface area (Å²) in [6.07, 6.45) is 5.19. The topological polar surface area (TPSA) is 214 Å². The average molecular weight is 728 g/mol. The molecular formula is C35H53N9O6S. The van der Waals surface area contributed by atoms with E-state index in [1.807, 2.05) is 6.07 Å². The lowest BCUT2D eigenvalue weighted by Gasteiger charge is -2.34. The lowest BCUT2D eigenvalue weighted by molar-refractivity contribution is -0.139. The van der Waals surface area contributed by atoms with Crippen molar-refractivity contribution in [2.75, 3.05) is 75.8 Å². The molecule has 0 spiro atoms. The predicted octanol–water partition coefficient (Wildman–Crippen LogP) is 2.21. The average Bonchev–Trinajstić information content (AvgIpc) is 3.50. The first kappa shape index (κ1) is 39.8. The Morgan fingerprint density at radius 3 is 2.47 bits per heavy atom. The number of piperazine rings is 1. The maximum atomic E-state index is 12.2. The molecule has 1 fully saturated rings. The van der Waals surface area contributed by atoms with Gasteiger partial charge >= 0.3 is 11.9 Å². The van der Waals surface area contributed by atoms with E-state index in [1.165, 1.54) is 16.7 Å². The smallest absolute Gasteiger partial charge is 0.321 e. The van der Waals surface area contributed by atoms with Gasteiger partial charge in [0.2, 0.25) is 11.9 Å². The standard InChI is InChI=1S/C35H53N9O6S/c1-3-4-5-9-39-32-31-28(40-35(37)41-32)8-11-44(31)22-26-7-6-25(19-24(26)2)21-43-14-12-42(13-15-43)16-18-50-17-10-38-30(45)20-29(34(48)49)51-23-27(36)33(46)47/h6-8,11,19,27,29H,3-5,9-10,12-18,20-23,36H2,1-2H3,(H,38,45)(H,46,47)(H,48,49)(H3,37,39,40,41)/t27-,29+/m0/s1. The number of nitrogen functional groups attached to an aromatic ring is 1. The molecule has 0 unspecified atom stereocenters. The van der Waals surface area contributed by atoms with E-state index < -0.39 is 29.1 Å². The number of amides is 1. The Hall–Kier alpha value is -3.96. The molecule has 3 heterocycles. The molecule has 2 aromatic heterocycles. The Morgan fingerprint density at radius 2 is 1.76 bits per heavy atom. The van der Waals surface area contributed by atoms with E-state index in [2.05, 4.69) is 73.2 Å². The summed E-state index contributed by atoms with van der Waals surface area (Å²) in [5.41, 5.74) is 17.0. The number of thioether (sulfide) groups is 1. The minimum atomic E-state index is -1.21. The first-order valence-electron chi connectivity index (χ1n) is 17.6. The summed E-state index contributed by atoms with van der Waals surface area (Å²) in [7, 11) is 0. The largest absolute Gasteiger partial charge is 0.480 e. The van der Waals surface area contributed by atoms with Gasteiger partial charge in [-0.1, -0.05) is 38.0 Å². The van der Waals surface area contributed by atoms with E-state index in [9.17, 15) is 19.5 Å². The summed E-state index contributed by atoms with van der Waals surface area (Å²) in [4.78, 5) is 48.2. The van der Waals surface area contributed by atoms with Crippen LogP contribution in [0, 0.1) is 6.92 Å². The zero-order valence-electron chi connectivity index (χ0n) is 29.7. The number of hydrogen-bond donors (Lipinski definition) is 6. The molecule has 0 radical (unpaired) electrons. The maximum Gasteiger partial charge on any atom is 0.321 e. The van der Waals surface area contributed by atoms with Crippen LogP contribution in [0.25, 0.3) is 11.0 Å². The van der Waals surface area contributed by atoms with E-state index >= 15 is 0 Å². The van der Waals surface area contributed by atoms with Crippen molar-refractivity contribution < 1.29 is 29.3 Å². The van der Waals surface area contributed by atoms with Gasteiger partial charge in [0.05, 0.1) is 18.7 Å². The minimum Gasteiger partial charge on any atom is -0.480 e. The van der Waals surface area contributed by atoms with Gasteiger partial charge < -0.3 is 41.6 Å². The number of carboxylic acid groups (broad SMARTS) is 2. The van der Waals surface area contributed by atoms with Crippen LogP contribution in [0.3, 0.4) is 0 Å². The Labute approximate surface area is 303 Å². The zero-order valence-corrected chi connectivity index (χ0v) is 30.5. The molecule has 1 aliphatic rings. The third-order valence-electron chi connectivity index (χ3n) is 8.88. The molecule has 3 aromatic rings. The second-order valence-electron chi connectivity index (χ2n) is 12.9. The highest BCUT2D eigenvalue weighted by atomic mass is 32.2. The highest BCUT2D eigenvalue weighted by Gasteiger charge is 2.24. The van der Waals surface area contributed by atoms with Crippen molar-refractivity contribution in [3.05, 3.63) is 47.2 Å². The number of unbranched alkanes of at least 4 members (excludes halogenated alkanes) is 2. The molecular weight excluding hydrogens is 675 g/mol. The Balaban J connectivity index is 1.14. The van der Waals surface area contributed by atoms with Gasteiger partial charge in [-0.25, -0.2) is 4.98 Å². The fourth-order valence-electron chi connectivity index (χ4n) is 5.92. The van der Waals surface area contributed by atoms with Crippen molar-refractivity contribution >= 4 is 52.4 Å². The summed E-state index contributed by atoms with van der Waals surface area (Å²) in [6, 6.07) is 7.54. The van der Waals surface area contributed by atoms with Crippen molar-refractivity contribution in [3.63, 3.8) is 0 Å². The quantitative estimate of drug-likeness (QED) is 0.0820. The van der Waals surface area contributed by atoms with Crippen LogP contribution >= 0.6 is 11.8 Å². The van der Waals surface area contributed by atoms with Crippen LogP contribution in [0.15, 0.2) is 30.5 Å². The van der Waals surface area contributed by atoms with Crippen molar-refractivity contribution in [1.82, 2.24) is 29.7 Å². The summed E-state index contributed by atoms with van der Waals surface area (Å²) >= 11 is 0.847. The number of nitrogens with zero attached hydrogens (tertiary/aromatic N) is 5. The summed E-state index contributed by atoms with van der Waals surface area (Å²) in [6.45, 7) is 12.5. The molecule has 280 valence electrons. The van der Waals surface area contributed by atoms with Crippen LogP contribution < -0.4 is 22.1 Å². The van der Waals surface area contributed by atoms with Gasteiger partial charge in [0.25, 0.3) is 0 Å². The molecule has 2 atom stereocenters. The van der Waals surface area contributed by atoms with Crippen LogP contribution in [0.2, 0.25) is 0 Å². The normalized spacial score (nSPS) is 15.1. The first-order valence-corrected chi connectivity index (χ1v) is 18.7. The number of nitrogens with one attached hydrogen (secondary N) is 2. The number of fused-ring (bicyclic) bond motifs is 1. The van der Waals surface area contributed by atoms with E-state index in [-0.39, 0.29) is 24.7 Å². The highest BCUT2D eigenvalue weighted by molar-refractivity contribution is 8.00. The van der Waals surface area contributed by atoms with Gasteiger partial charge in [0.15, 0.2) is 5.82 Å². The number of carbonyl (C=O) groups is 3. The number of nitrogens with two attached hydrogens (primary N) is 2. The van der Waals surface area contributed by atoms with Gasteiger partial charge in [-0.15, -0.1) is 11.8 Å². The van der Waals surface area contributed by atoms with Gasteiger partial charge in [-0.05, 0) is 36.1 Å². The molecule has 0 bridgehead atoms. The van der Waals surface area contributed by atoms with Crippen molar-refractivity contribution in [3.8, 4) is 0 Å². The predicted molar refractivity (Wildman–Crippen MR) is 200 cm³/mol. The Kier molecular flexibility index (Phi) is 15.8. The third kappa shape index (κ3) is 12.6. The number of hydrogen-bond acceptors (Lipinski definition) is 12. The minimum absolute atomic E-state index is 0.0940. The molecule has 1 aliphatic heterocycles. The van der Waals surface area contributed by atoms with Crippen LogP contribution in [0.5, 0.6) is 0 Å². The molecule has 8 N–H and O–H groups in total. The van der Waals surface area contributed by atoms with Crippen LogP contribution in [0.1, 0.15) is 49.3 Å². The SMILES string of the molecule is CCCCCNc1nc(N)nc2ccn(Cc3ccc(CN4CCN(CCOCCNC(=O)C[C@@H](SC[C@H](N)C(=O)O)C(=O)O)CC4)cc3C)c12. The number of aryl methyl sites for hydroxylation is 1. The van der Waals surface area contributed by atoms with Gasteiger partial charge in [-0.2, -0.15) is 4.98 Å². The zero-order chi connectivity index (χ0) is 36.8. The number of aromatic nitrogens is 3. The number of rotatable bonds is 22. The number of ether oxygens (including phenoxy) is 1. The number of carboxylic acids is 2. The Bertz CT molecular complexity index is 1600. The van der Waals surface area contributed by atoms with E-state index in [1.54, 1.807) is 0 Å². The van der Waals surface area contributed by atoms with Crippen LogP contribution in [0.4, 0.5) is 11.8 Å². The summed E-state index contributed by atoms with van der Waals surface area (Å²) < 4.78 is 7.89. The van der Waals surface area contributed by atoms with Crippen molar-refractivity contribution in [2.45, 2.75) is 63.9 Å². The maximum absolute atomic E-state index is 12.2. The number of benzene rings is 1. The fourth-order valence-corrected chi connectivity index (χ4v) is 6.91. The first-order chi connectivity index (χ1) is 24.5. The fraction of sp³-hybridized carbons (Fsp3) is 0.571. The molecule has 1 amide bonds. The van der Waals surface area contributed by atoms with Crippen molar-refractivity contribution in [2.24, 2.45) is 5.73 Å². The monoisotopic (exact) mass is 727 g/mol. The third-order valence-corrected chi connectivity index (χ3v) is 10.2. The van der Waals surface area contributed by atoms with Gasteiger partial charge in [0.1, 0.15) is 16.8 Å². The van der Waals surface area contributed by atoms with E-state index in [0.717, 1.165) is 100 Å². The second kappa shape index (κ2) is 20.2. The highest BCUT2D eigenvalue weighted by Crippen LogP contribution is 2.25. The number of aliphatic carboxylic acids is 2. The molecule has 16 heteroatoms. The Morgan fingerprint density at radius 1 is 1.00 bits per heavy atom. The molecule has 15 nitrogen and oxygen atoms in total. The van der Waals surface area contributed by atoms with E-state index in [4.69, 9.17) is 21.3 Å². The second-order valence-corrected chi connectivity index (χ2v) is 14.1. The van der Waals surface area contributed by atoms with Crippen LogP contribution in [-0.4, -0.2) is 128 Å². The van der Waals surface area contributed by atoms with E-state index in [0.29, 0.717) is 13.2 Å². The molecule has 0 saturated carbocycles. The lowest BCUT2D eigenvalue weighted by atomic mass is 10.0. The van der Waals surface area contributed by atoms with Crippen molar-refractivity contribution in [1.29, 1.82) is 0 Å². The molecule has 4 rings (SSSR count). The van der Waals surface area contributed by atoms with Gasteiger partial charge in [0, 0.05) is 77.3 Å². The number of carbonyl (C=O) groups excluding carboxylic acids is 1. The van der Waals surface area contributed by atoms with Crippen LogP contribution in [-0.2, 0) is 32.2 Å².